The highest BCUT2D eigenvalue weighted by molar-refractivity contribution is 5.85. The molecule has 0 bridgehead atoms. The molecule has 2 aliphatic heterocycles. The molecule has 2 amide bonds. The molecular weight excluding hydrogens is 442 g/mol. The van der Waals surface area contributed by atoms with E-state index in [1.165, 1.54) is 0 Å². The molecule has 0 N–H and O–H groups in total. The molecule has 2 saturated heterocycles. The Kier molecular flexibility index (Phi) is 8.16. The maximum atomic E-state index is 13.9. The van der Waals surface area contributed by atoms with Gasteiger partial charge in [-0.2, -0.15) is 0 Å². The van der Waals surface area contributed by atoms with Crippen molar-refractivity contribution in [3.8, 4) is 11.5 Å². The van der Waals surface area contributed by atoms with Crippen LogP contribution in [-0.2, 0) is 9.59 Å². The van der Waals surface area contributed by atoms with Gasteiger partial charge in [-0.25, -0.2) is 0 Å². The van der Waals surface area contributed by atoms with Crippen molar-refractivity contribution in [1.29, 1.82) is 0 Å². The van der Waals surface area contributed by atoms with Gasteiger partial charge in [0.1, 0.15) is 11.5 Å². The molecule has 2 unspecified atom stereocenters. The minimum absolute atomic E-state index is 0.128. The standard InChI is InChI=1S/C28H37N3O4/c1-4-5-16-31-26(32)15-14-24(27(31)23-8-6-7-9-25(23)35-3)28(33)30-19-17-29(18-20-30)21-10-12-22(34-2)13-11-21/h6-13,24,27H,4-5,14-20H2,1-3H3. The van der Waals surface area contributed by atoms with Gasteiger partial charge in [-0.3, -0.25) is 9.59 Å². The average Bonchev–Trinajstić information content (AvgIpc) is 2.92. The van der Waals surface area contributed by atoms with E-state index in [1.54, 1.807) is 14.2 Å². The molecule has 0 radical (unpaired) electrons. The summed E-state index contributed by atoms with van der Waals surface area (Å²) in [5, 5.41) is 0. The maximum absolute atomic E-state index is 13.9. The van der Waals surface area contributed by atoms with Crippen molar-refractivity contribution in [2.75, 3.05) is 51.8 Å². The van der Waals surface area contributed by atoms with Crippen LogP contribution in [0.25, 0.3) is 0 Å². The second-order valence-corrected chi connectivity index (χ2v) is 9.28. The van der Waals surface area contributed by atoms with E-state index >= 15 is 0 Å². The molecule has 0 spiro atoms. The lowest BCUT2D eigenvalue weighted by atomic mass is 9.82. The fraction of sp³-hybridized carbons (Fsp3) is 0.500. The van der Waals surface area contributed by atoms with Gasteiger partial charge in [0.25, 0.3) is 0 Å². The van der Waals surface area contributed by atoms with Crippen LogP contribution < -0.4 is 14.4 Å². The van der Waals surface area contributed by atoms with Crippen LogP contribution in [0.2, 0.25) is 0 Å². The number of piperidine rings is 1. The quantitative estimate of drug-likeness (QED) is 0.570. The van der Waals surface area contributed by atoms with Gasteiger partial charge in [0.05, 0.1) is 26.2 Å². The van der Waals surface area contributed by atoms with Crippen LogP contribution in [0, 0.1) is 5.92 Å². The van der Waals surface area contributed by atoms with E-state index in [1.807, 2.05) is 46.2 Å². The Bertz CT molecular complexity index is 1000. The van der Waals surface area contributed by atoms with Crippen LogP contribution >= 0.6 is 0 Å². The predicted octanol–water partition coefficient (Wildman–Crippen LogP) is 4.13. The summed E-state index contributed by atoms with van der Waals surface area (Å²) in [5.74, 6) is 1.57. The smallest absolute Gasteiger partial charge is 0.228 e. The second kappa shape index (κ2) is 11.5. The first-order valence-corrected chi connectivity index (χ1v) is 12.7. The normalized spacial score (nSPS) is 20.7. The van der Waals surface area contributed by atoms with E-state index in [9.17, 15) is 9.59 Å². The van der Waals surface area contributed by atoms with Crippen molar-refractivity contribution >= 4 is 17.5 Å². The Morgan fingerprint density at radius 2 is 1.69 bits per heavy atom. The van der Waals surface area contributed by atoms with E-state index in [-0.39, 0.29) is 23.8 Å². The summed E-state index contributed by atoms with van der Waals surface area (Å²) >= 11 is 0. The number of likely N-dealkylation sites (tertiary alicyclic amines) is 1. The zero-order chi connectivity index (χ0) is 24.8. The molecule has 2 heterocycles. The van der Waals surface area contributed by atoms with Gasteiger partial charge in [-0.15, -0.1) is 0 Å². The molecule has 35 heavy (non-hydrogen) atoms. The van der Waals surface area contributed by atoms with Crippen molar-refractivity contribution in [3.05, 3.63) is 54.1 Å². The molecule has 0 aromatic heterocycles. The summed E-state index contributed by atoms with van der Waals surface area (Å²) in [5.41, 5.74) is 2.06. The monoisotopic (exact) mass is 479 g/mol. The Morgan fingerprint density at radius 1 is 0.971 bits per heavy atom. The number of rotatable bonds is 8. The van der Waals surface area contributed by atoms with Crippen LogP contribution in [0.5, 0.6) is 11.5 Å². The van der Waals surface area contributed by atoms with Crippen LogP contribution in [0.15, 0.2) is 48.5 Å². The summed E-state index contributed by atoms with van der Waals surface area (Å²) in [6, 6.07) is 15.6. The van der Waals surface area contributed by atoms with Gasteiger partial charge in [-0.1, -0.05) is 31.5 Å². The van der Waals surface area contributed by atoms with Crippen molar-refractivity contribution < 1.29 is 19.1 Å². The minimum Gasteiger partial charge on any atom is -0.497 e. The minimum atomic E-state index is -0.300. The number of amides is 2. The fourth-order valence-electron chi connectivity index (χ4n) is 5.31. The topological polar surface area (TPSA) is 62.3 Å². The Balaban J connectivity index is 1.53. The molecule has 4 rings (SSSR count). The van der Waals surface area contributed by atoms with Gasteiger partial charge in [0.15, 0.2) is 0 Å². The highest BCUT2D eigenvalue weighted by Crippen LogP contribution is 2.41. The van der Waals surface area contributed by atoms with E-state index in [0.717, 1.165) is 48.7 Å². The highest BCUT2D eigenvalue weighted by atomic mass is 16.5. The molecule has 7 nitrogen and oxygen atoms in total. The van der Waals surface area contributed by atoms with E-state index in [0.29, 0.717) is 32.5 Å². The Morgan fingerprint density at radius 3 is 2.34 bits per heavy atom. The summed E-state index contributed by atoms with van der Waals surface area (Å²) in [6.45, 7) is 5.68. The fourth-order valence-corrected chi connectivity index (χ4v) is 5.31. The average molecular weight is 480 g/mol. The molecule has 0 saturated carbocycles. The van der Waals surface area contributed by atoms with Crippen LogP contribution in [0.1, 0.15) is 44.2 Å². The summed E-state index contributed by atoms with van der Waals surface area (Å²) in [7, 11) is 3.31. The third-order valence-electron chi connectivity index (χ3n) is 7.26. The van der Waals surface area contributed by atoms with E-state index < -0.39 is 0 Å². The van der Waals surface area contributed by atoms with Crippen molar-refractivity contribution in [3.63, 3.8) is 0 Å². The largest absolute Gasteiger partial charge is 0.497 e. The van der Waals surface area contributed by atoms with E-state index in [4.69, 9.17) is 9.47 Å². The van der Waals surface area contributed by atoms with E-state index in [2.05, 4.69) is 24.0 Å². The number of para-hydroxylation sites is 1. The lowest BCUT2D eigenvalue weighted by molar-refractivity contribution is -0.148. The number of carbonyl (C=O) groups is 2. The number of hydrogen-bond donors (Lipinski definition) is 0. The number of benzene rings is 2. The molecule has 7 heteroatoms. The Hall–Kier alpha value is -3.22. The van der Waals surface area contributed by atoms with Crippen molar-refractivity contribution in [2.45, 2.75) is 38.6 Å². The number of hydrogen-bond acceptors (Lipinski definition) is 5. The zero-order valence-electron chi connectivity index (χ0n) is 21.1. The molecule has 2 atom stereocenters. The molecule has 2 aromatic carbocycles. The van der Waals surface area contributed by atoms with Gasteiger partial charge in [0.2, 0.25) is 11.8 Å². The van der Waals surface area contributed by atoms with Gasteiger partial charge in [0, 0.05) is 50.4 Å². The highest BCUT2D eigenvalue weighted by Gasteiger charge is 2.43. The SMILES string of the molecule is CCCCN1C(=O)CCC(C(=O)N2CCN(c3ccc(OC)cc3)CC2)C1c1ccccc1OC. The summed E-state index contributed by atoms with van der Waals surface area (Å²) in [6.07, 6.45) is 2.90. The summed E-state index contributed by atoms with van der Waals surface area (Å²) in [4.78, 5) is 33.1. The number of anilines is 1. The van der Waals surface area contributed by atoms with Gasteiger partial charge in [-0.05, 0) is 43.2 Å². The lowest BCUT2D eigenvalue weighted by Gasteiger charge is -2.44. The number of piperazine rings is 1. The number of nitrogens with zero attached hydrogens (tertiary/aromatic N) is 3. The molecule has 2 aliphatic rings. The number of ether oxygens (including phenoxy) is 2. The Labute approximate surface area is 208 Å². The molecule has 2 fully saturated rings. The number of methoxy groups -OCH3 is 2. The van der Waals surface area contributed by atoms with Crippen LogP contribution in [-0.4, -0.2) is 68.6 Å². The van der Waals surface area contributed by atoms with Gasteiger partial charge >= 0.3 is 0 Å². The zero-order valence-corrected chi connectivity index (χ0v) is 21.1. The maximum Gasteiger partial charge on any atom is 0.228 e. The number of carbonyl (C=O) groups excluding carboxylic acids is 2. The predicted molar refractivity (Wildman–Crippen MR) is 137 cm³/mol. The third-order valence-corrected chi connectivity index (χ3v) is 7.26. The molecular formula is C28H37N3O4. The lowest BCUT2D eigenvalue weighted by Crippen LogP contribution is -2.54. The van der Waals surface area contributed by atoms with Crippen LogP contribution in [0.3, 0.4) is 0 Å². The molecule has 0 aliphatic carbocycles. The first-order chi connectivity index (χ1) is 17.1. The second-order valence-electron chi connectivity index (χ2n) is 9.28. The van der Waals surface area contributed by atoms with Crippen molar-refractivity contribution in [2.24, 2.45) is 5.92 Å². The third kappa shape index (κ3) is 5.39. The first kappa shape index (κ1) is 24.9. The van der Waals surface area contributed by atoms with Gasteiger partial charge < -0.3 is 24.2 Å². The van der Waals surface area contributed by atoms with Crippen LogP contribution in [0.4, 0.5) is 5.69 Å². The molecule has 2 aromatic rings. The summed E-state index contributed by atoms with van der Waals surface area (Å²) < 4.78 is 10.9. The van der Waals surface area contributed by atoms with Crippen molar-refractivity contribution in [1.82, 2.24) is 9.80 Å². The number of unbranched alkanes of at least 4 members (excludes halogenated alkanes) is 1. The molecule has 188 valence electrons. The first-order valence-electron chi connectivity index (χ1n) is 12.7.